The third kappa shape index (κ3) is 4.08. The van der Waals surface area contributed by atoms with Gasteiger partial charge >= 0.3 is 0 Å². The lowest BCUT2D eigenvalue weighted by Crippen LogP contribution is -2.19. The summed E-state index contributed by atoms with van der Waals surface area (Å²) < 4.78 is 5.61. The number of nitrogens with zero attached hydrogens (tertiary/aromatic N) is 2. The van der Waals surface area contributed by atoms with Crippen LogP contribution in [-0.2, 0) is 4.74 Å². The predicted octanol–water partition coefficient (Wildman–Crippen LogP) is 3.77. The van der Waals surface area contributed by atoms with Crippen LogP contribution in [0.25, 0.3) is 0 Å². The lowest BCUT2D eigenvalue weighted by Gasteiger charge is -2.13. The molecule has 1 saturated heterocycles. The van der Waals surface area contributed by atoms with E-state index in [9.17, 15) is 0 Å². The summed E-state index contributed by atoms with van der Waals surface area (Å²) in [7, 11) is 0. The average Bonchev–Trinajstić information content (AvgIpc) is 3.00. The van der Waals surface area contributed by atoms with E-state index in [1.807, 2.05) is 37.3 Å². The number of hydrogen-bond acceptors (Lipinski definition) is 5. The summed E-state index contributed by atoms with van der Waals surface area (Å²) in [5, 5.41) is 7.22. The van der Waals surface area contributed by atoms with E-state index in [0.717, 1.165) is 43.2 Å². The summed E-state index contributed by atoms with van der Waals surface area (Å²) in [5.41, 5.74) is 1.81. The second-order valence-corrected chi connectivity index (χ2v) is 5.80. The molecular formula is C16H19ClN4O. The highest BCUT2D eigenvalue weighted by Crippen LogP contribution is 2.19. The topological polar surface area (TPSA) is 59.1 Å². The van der Waals surface area contributed by atoms with Crippen LogP contribution in [0, 0.1) is 6.92 Å². The van der Waals surface area contributed by atoms with E-state index in [1.165, 1.54) is 0 Å². The molecule has 1 aromatic carbocycles. The number of aryl methyl sites for hydroxylation is 1. The number of rotatable bonds is 5. The number of anilines is 3. The average molecular weight is 319 g/mol. The first-order valence-electron chi connectivity index (χ1n) is 7.43. The summed E-state index contributed by atoms with van der Waals surface area (Å²) in [6, 6.07) is 9.38. The summed E-state index contributed by atoms with van der Waals surface area (Å²) >= 11 is 5.89. The molecule has 0 bridgehead atoms. The highest BCUT2D eigenvalue weighted by molar-refractivity contribution is 6.30. The van der Waals surface area contributed by atoms with Crippen molar-refractivity contribution in [3.8, 4) is 0 Å². The minimum Gasteiger partial charge on any atom is -0.376 e. The fourth-order valence-corrected chi connectivity index (χ4v) is 2.53. The smallest absolute Gasteiger partial charge is 0.229 e. The van der Waals surface area contributed by atoms with Crippen LogP contribution in [0.4, 0.5) is 17.5 Å². The first kappa shape index (κ1) is 15.1. The second-order valence-electron chi connectivity index (χ2n) is 5.37. The van der Waals surface area contributed by atoms with Crippen LogP contribution in [0.5, 0.6) is 0 Å². The van der Waals surface area contributed by atoms with Gasteiger partial charge in [-0.15, -0.1) is 0 Å². The number of ether oxygens (including phenoxy) is 1. The number of hydrogen-bond donors (Lipinski definition) is 2. The maximum atomic E-state index is 5.89. The molecule has 1 unspecified atom stereocenters. The number of halogens is 1. The van der Waals surface area contributed by atoms with Gasteiger partial charge in [-0.25, -0.2) is 4.98 Å². The van der Waals surface area contributed by atoms with Gasteiger partial charge in [0.25, 0.3) is 0 Å². The second kappa shape index (κ2) is 6.94. The predicted molar refractivity (Wildman–Crippen MR) is 89.0 cm³/mol. The molecule has 0 radical (unpaired) electrons. The third-order valence-electron chi connectivity index (χ3n) is 3.49. The van der Waals surface area contributed by atoms with Crippen LogP contribution >= 0.6 is 11.6 Å². The molecule has 5 nitrogen and oxygen atoms in total. The summed E-state index contributed by atoms with van der Waals surface area (Å²) in [5.74, 6) is 1.37. The Morgan fingerprint density at radius 1 is 1.27 bits per heavy atom. The minimum absolute atomic E-state index is 0.281. The van der Waals surface area contributed by atoms with Gasteiger partial charge in [0.15, 0.2) is 0 Å². The van der Waals surface area contributed by atoms with Crippen LogP contribution in [-0.4, -0.2) is 29.2 Å². The zero-order chi connectivity index (χ0) is 15.4. The fraction of sp³-hybridized carbons (Fsp3) is 0.375. The van der Waals surface area contributed by atoms with Crippen molar-refractivity contribution in [1.82, 2.24) is 9.97 Å². The van der Waals surface area contributed by atoms with Crippen molar-refractivity contribution in [3.05, 3.63) is 41.0 Å². The summed E-state index contributed by atoms with van der Waals surface area (Å²) in [6.45, 7) is 3.58. The lowest BCUT2D eigenvalue weighted by molar-refractivity contribution is 0.120. The van der Waals surface area contributed by atoms with Crippen molar-refractivity contribution in [2.24, 2.45) is 0 Å². The molecule has 2 aromatic rings. The van der Waals surface area contributed by atoms with Gasteiger partial charge in [-0.2, -0.15) is 4.98 Å². The molecule has 22 heavy (non-hydrogen) atoms. The molecule has 3 rings (SSSR count). The Bertz CT molecular complexity index is 627. The Labute approximate surface area is 135 Å². The standard InChI is InChI=1S/C16H19ClN4O/c1-11-9-15(18-10-14-3-2-8-22-14)21-16(19-11)20-13-6-4-12(17)5-7-13/h4-7,9,14H,2-3,8,10H2,1H3,(H2,18,19,20,21). The van der Waals surface area contributed by atoms with Gasteiger partial charge in [-0.3, -0.25) is 0 Å². The zero-order valence-corrected chi connectivity index (χ0v) is 13.2. The van der Waals surface area contributed by atoms with Crippen LogP contribution in [0.3, 0.4) is 0 Å². The van der Waals surface area contributed by atoms with Gasteiger partial charge in [-0.1, -0.05) is 11.6 Å². The van der Waals surface area contributed by atoms with Gasteiger partial charge in [0.05, 0.1) is 6.10 Å². The first-order chi connectivity index (χ1) is 10.7. The van der Waals surface area contributed by atoms with E-state index < -0.39 is 0 Å². The molecule has 0 amide bonds. The molecule has 1 fully saturated rings. The summed E-state index contributed by atoms with van der Waals surface area (Å²) in [4.78, 5) is 8.90. The highest BCUT2D eigenvalue weighted by atomic mass is 35.5. The molecule has 116 valence electrons. The van der Waals surface area contributed by atoms with Gasteiger partial charge in [0.2, 0.25) is 5.95 Å². The van der Waals surface area contributed by atoms with E-state index >= 15 is 0 Å². The quantitative estimate of drug-likeness (QED) is 0.878. The lowest BCUT2D eigenvalue weighted by atomic mass is 10.2. The SMILES string of the molecule is Cc1cc(NCC2CCCO2)nc(Nc2ccc(Cl)cc2)n1. The zero-order valence-electron chi connectivity index (χ0n) is 12.5. The van der Waals surface area contributed by atoms with Crippen molar-refractivity contribution in [2.45, 2.75) is 25.9 Å². The number of benzene rings is 1. The summed E-state index contributed by atoms with van der Waals surface area (Å²) in [6.07, 6.45) is 2.52. The van der Waals surface area contributed by atoms with Crippen LogP contribution in [0.1, 0.15) is 18.5 Å². The van der Waals surface area contributed by atoms with Crippen molar-refractivity contribution in [1.29, 1.82) is 0 Å². The molecule has 2 heterocycles. The van der Waals surface area contributed by atoms with E-state index in [1.54, 1.807) is 0 Å². The van der Waals surface area contributed by atoms with Crippen molar-refractivity contribution >= 4 is 29.1 Å². The van der Waals surface area contributed by atoms with Crippen molar-refractivity contribution in [2.75, 3.05) is 23.8 Å². The van der Waals surface area contributed by atoms with E-state index in [-0.39, 0.29) is 6.10 Å². The highest BCUT2D eigenvalue weighted by Gasteiger charge is 2.15. The normalized spacial score (nSPS) is 17.5. The molecule has 6 heteroatoms. The van der Waals surface area contributed by atoms with E-state index in [2.05, 4.69) is 20.6 Å². The van der Waals surface area contributed by atoms with Crippen molar-refractivity contribution in [3.63, 3.8) is 0 Å². The molecule has 1 aromatic heterocycles. The number of nitrogens with one attached hydrogen (secondary N) is 2. The van der Waals surface area contributed by atoms with Crippen LogP contribution in [0.2, 0.25) is 5.02 Å². The Morgan fingerprint density at radius 3 is 2.82 bits per heavy atom. The van der Waals surface area contributed by atoms with E-state index in [0.29, 0.717) is 11.0 Å². The first-order valence-corrected chi connectivity index (χ1v) is 7.80. The van der Waals surface area contributed by atoms with Gasteiger partial charge in [0.1, 0.15) is 5.82 Å². The van der Waals surface area contributed by atoms with Crippen molar-refractivity contribution < 1.29 is 4.74 Å². The fourth-order valence-electron chi connectivity index (χ4n) is 2.40. The van der Waals surface area contributed by atoms with Crippen LogP contribution < -0.4 is 10.6 Å². The van der Waals surface area contributed by atoms with Crippen LogP contribution in [0.15, 0.2) is 30.3 Å². The third-order valence-corrected chi connectivity index (χ3v) is 3.74. The maximum Gasteiger partial charge on any atom is 0.229 e. The molecule has 1 aliphatic rings. The molecular weight excluding hydrogens is 300 g/mol. The maximum absolute atomic E-state index is 5.89. The number of aromatic nitrogens is 2. The Balaban J connectivity index is 1.67. The van der Waals surface area contributed by atoms with E-state index in [4.69, 9.17) is 16.3 Å². The molecule has 0 spiro atoms. The Kier molecular flexibility index (Phi) is 4.75. The van der Waals surface area contributed by atoms with Gasteiger partial charge in [-0.05, 0) is 44.0 Å². The van der Waals surface area contributed by atoms with Gasteiger partial charge in [0, 0.05) is 35.6 Å². The Morgan fingerprint density at radius 2 is 2.09 bits per heavy atom. The monoisotopic (exact) mass is 318 g/mol. The molecule has 0 saturated carbocycles. The largest absolute Gasteiger partial charge is 0.376 e. The van der Waals surface area contributed by atoms with Gasteiger partial charge < -0.3 is 15.4 Å². The molecule has 0 aliphatic carbocycles. The Hall–Kier alpha value is -1.85. The molecule has 2 N–H and O–H groups in total. The molecule has 1 aliphatic heterocycles. The minimum atomic E-state index is 0.281. The molecule has 1 atom stereocenters.